The molecule has 1 unspecified atom stereocenters. The quantitative estimate of drug-likeness (QED) is 0.750. The van der Waals surface area contributed by atoms with Crippen molar-refractivity contribution in [2.75, 3.05) is 13.2 Å². The highest BCUT2D eigenvalue weighted by molar-refractivity contribution is 9.10. The highest BCUT2D eigenvalue weighted by Gasteiger charge is 2.11. The van der Waals surface area contributed by atoms with Crippen LogP contribution in [0.25, 0.3) is 0 Å². The maximum atomic E-state index is 5.85. The molecule has 1 rings (SSSR count). The van der Waals surface area contributed by atoms with Crippen LogP contribution in [-0.4, -0.2) is 13.2 Å². The van der Waals surface area contributed by atoms with Crippen molar-refractivity contribution in [3.8, 4) is 5.75 Å². The van der Waals surface area contributed by atoms with Crippen molar-refractivity contribution in [1.29, 1.82) is 0 Å². The van der Waals surface area contributed by atoms with Gasteiger partial charge in [0.05, 0.1) is 0 Å². The summed E-state index contributed by atoms with van der Waals surface area (Å²) >= 11 is 3.51. The van der Waals surface area contributed by atoms with E-state index in [1.165, 1.54) is 5.56 Å². The first kappa shape index (κ1) is 15.3. The highest BCUT2D eigenvalue weighted by Crippen LogP contribution is 2.28. The summed E-state index contributed by atoms with van der Waals surface area (Å²) in [5, 5.41) is 3.41. The van der Waals surface area contributed by atoms with Crippen LogP contribution >= 0.6 is 15.9 Å². The van der Waals surface area contributed by atoms with Crippen molar-refractivity contribution in [3.05, 3.63) is 40.4 Å². The number of rotatable bonds is 7. The first-order chi connectivity index (χ1) is 8.58. The topological polar surface area (TPSA) is 21.3 Å². The molecule has 0 aliphatic carbocycles. The Bertz CT molecular complexity index is 403. The minimum absolute atomic E-state index is 0.275. The van der Waals surface area contributed by atoms with Crippen LogP contribution in [0, 0.1) is 0 Å². The Balaban J connectivity index is 2.85. The molecule has 2 nitrogen and oxygen atoms in total. The molecule has 3 heteroatoms. The van der Waals surface area contributed by atoms with Gasteiger partial charge in [-0.2, -0.15) is 0 Å². The number of ether oxygens (including phenoxy) is 1. The normalized spacial score (nSPS) is 12.2. The molecule has 100 valence electrons. The Morgan fingerprint density at radius 2 is 2.17 bits per heavy atom. The van der Waals surface area contributed by atoms with E-state index >= 15 is 0 Å². The van der Waals surface area contributed by atoms with Gasteiger partial charge in [-0.3, -0.25) is 0 Å². The van der Waals surface area contributed by atoms with Gasteiger partial charge in [0.15, 0.2) is 0 Å². The van der Waals surface area contributed by atoms with Crippen molar-refractivity contribution in [2.24, 2.45) is 0 Å². The number of hydrogen-bond donors (Lipinski definition) is 1. The molecule has 18 heavy (non-hydrogen) atoms. The maximum Gasteiger partial charge on any atom is 0.124 e. The third kappa shape index (κ3) is 4.46. The largest absolute Gasteiger partial charge is 0.489 e. The van der Waals surface area contributed by atoms with Gasteiger partial charge in [-0.25, -0.2) is 0 Å². The summed E-state index contributed by atoms with van der Waals surface area (Å²) in [6.07, 6.45) is 0.953. The van der Waals surface area contributed by atoms with Crippen LogP contribution in [0.5, 0.6) is 5.75 Å². The van der Waals surface area contributed by atoms with Crippen LogP contribution in [0.1, 0.15) is 38.8 Å². The Labute approximate surface area is 119 Å². The zero-order chi connectivity index (χ0) is 13.5. The Kier molecular flexibility index (Phi) is 6.44. The van der Waals surface area contributed by atoms with Crippen molar-refractivity contribution >= 4 is 15.9 Å². The molecule has 0 radical (unpaired) electrons. The first-order valence-electron chi connectivity index (χ1n) is 6.40. The van der Waals surface area contributed by atoms with Crippen LogP contribution in [0.15, 0.2) is 34.8 Å². The lowest BCUT2D eigenvalue weighted by Gasteiger charge is -2.18. The van der Waals surface area contributed by atoms with E-state index in [9.17, 15) is 0 Å². The van der Waals surface area contributed by atoms with Gasteiger partial charge in [-0.05, 0) is 43.7 Å². The lowest BCUT2D eigenvalue weighted by atomic mass is 10.1. The fraction of sp³-hybridized carbons (Fsp3) is 0.467. The third-order valence-corrected chi connectivity index (χ3v) is 3.37. The van der Waals surface area contributed by atoms with E-state index < -0.39 is 0 Å². The van der Waals surface area contributed by atoms with Crippen LogP contribution in [0.3, 0.4) is 0 Å². The predicted octanol–water partition coefficient (Wildman–Crippen LogP) is 4.46. The van der Waals surface area contributed by atoms with Gasteiger partial charge in [0.1, 0.15) is 12.4 Å². The second kappa shape index (κ2) is 7.59. The molecule has 0 bridgehead atoms. The average molecular weight is 312 g/mol. The van der Waals surface area contributed by atoms with Crippen molar-refractivity contribution in [1.82, 2.24) is 5.32 Å². The monoisotopic (exact) mass is 311 g/mol. The summed E-state index contributed by atoms with van der Waals surface area (Å²) in [4.78, 5) is 0. The average Bonchev–Trinajstić information content (AvgIpc) is 2.37. The summed E-state index contributed by atoms with van der Waals surface area (Å²) in [5.74, 6) is 0.932. The minimum atomic E-state index is 0.275. The minimum Gasteiger partial charge on any atom is -0.489 e. The number of hydrogen-bond acceptors (Lipinski definition) is 2. The molecule has 0 aromatic heterocycles. The second-order valence-electron chi connectivity index (χ2n) is 4.35. The van der Waals surface area contributed by atoms with E-state index in [2.05, 4.69) is 54.7 Å². The van der Waals surface area contributed by atoms with E-state index in [0.29, 0.717) is 6.61 Å². The lowest BCUT2D eigenvalue weighted by molar-refractivity contribution is 0.341. The zero-order valence-corrected chi connectivity index (χ0v) is 13.0. The predicted molar refractivity (Wildman–Crippen MR) is 81.2 cm³/mol. The third-order valence-electron chi connectivity index (χ3n) is 2.88. The van der Waals surface area contributed by atoms with Gasteiger partial charge in [-0.1, -0.05) is 36.4 Å². The Hall–Kier alpha value is -0.800. The molecule has 1 atom stereocenters. The summed E-state index contributed by atoms with van der Waals surface area (Å²) in [6.45, 7) is 11.8. The van der Waals surface area contributed by atoms with Crippen LogP contribution in [0.2, 0.25) is 0 Å². The molecule has 0 aliphatic heterocycles. The summed E-state index contributed by atoms with van der Waals surface area (Å²) in [6, 6.07) is 6.40. The van der Waals surface area contributed by atoms with E-state index in [4.69, 9.17) is 4.74 Å². The molecule has 0 aliphatic rings. The van der Waals surface area contributed by atoms with Crippen molar-refractivity contribution < 1.29 is 4.74 Å². The van der Waals surface area contributed by atoms with Gasteiger partial charge in [0.25, 0.3) is 0 Å². The smallest absolute Gasteiger partial charge is 0.124 e. The SMILES string of the molecule is C=C(CC)COc1ccc(Br)cc1C(C)NCC. The number of nitrogens with one attached hydrogen (secondary N) is 1. The Morgan fingerprint density at radius 3 is 2.78 bits per heavy atom. The molecular formula is C15H22BrNO. The molecule has 0 saturated carbocycles. The van der Waals surface area contributed by atoms with Gasteiger partial charge >= 0.3 is 0 Å². The van der Waals surface area contributed by atoms with Gasteiger partial charge < -0.3 is 10.1 Å². The van der Waals surface area contributed by atoms with Crippen molar-refractivity contribution in [2.45, 2.75) is 33.2 Å². The molecule has 0 heterocycles. The summed E-state index contributed by atoms with van der Waals surface area (Å²) < 4.78 is 6.92. The van der Waals surface area contributed by atoms with Crippen LogP contribution < -0.4 is 10.1 Å². The van der Waals surface area contributed by atoms with Gasteiger partial charge in [0, 0.05) is 16.1 Å². The number of benzene rings is 1. The molecule has 1 aromatic rings. The first-order valence-corrected chi connectivity index (χ1v) is 7.20. The highest BCUT2D eigenvalue weighted by atomic mass is 79.9. The molecular weight excluding hydrogens is 290 g/mol. The second-order valence-corrected chi connectivity index (χ2v) is 5.27. The van der Waals surface area contributed by atoms with E-state index in [0.717, 1.165) is 28.8 Å². The number of halogens is 1. The van der Waals surface area contributed by atoms with E-state index in [1.54, 1.807) is 0 Å². The fourth-order valence-corrected chi connectivity index (χ4v) is 2.07. The molecule has 0 saturated heterocycles. The molecule has 1 aromatic carbocycles. The maximum absolute atomic E-state index is 5.85. The van der Waals surface area contributed by atoms with E-state index in [1.807, 2.05) is 12.1 Å². The molecule has 0 spiro atoms. The summed E-state index contributed by atoms with van der Waals surface area (Å²) in [7, 11) is 0. The van der Waals surface area contributed by atoms with Gasteiger partial charge in [-0.15, -0.1) is 0 Å². The van der Waals surface area contributed by atoms with E-state index in [-0.39, 0.29) is 6.04 Å². The van der Waals surface area contributed by atoms with Crippen molar-refractivity contribution in [3.63, 3.8) is 0 Å². The lowest BCUT2D eigenvalue weighted by Crippen LogP contribution is -2.18. The standard InChI is InChI=1S/C15H22BrNO/c1-5-11(3)10-18-15-8-7-13(16)9-14(15)12(4)17-6-2/h7-9,12,17H,3,5-6,10H2,1-2,4H3. The fourth-order valence-electron chi connectivity index (χ4n) is 1.69. The molecule has 0 fully saturated rings. The van der Waals surface area contributed by atoms with Crippen LogP contribution in [-0.2, 0) is 0 Å². The Morgan fingerprint density at radius 1 is 1.44 bits per heavy atom. The molecule has 1 N–H and O–H groups in total. The zero-order valence-electron chi connectivity index (χ0n) is 11.4. The van der Waals surface area contributed by atoms with Gasteiger partial charge in [0.2, 0.25) is 0 Å². The molecule has 0 amide bonds. The summed E-state index contributed by atoms with van der Waals surface area (Å²) in [5.41, 5.74) is 2.29. The van der Waals surface area contributed by atoms with Crippen LogP contribution in [0.4, 0.5) is 0 Å².